The number of nitrogens with one attached hydrogen (secondary N) is 2. The third-order valence-electron chi connectivity index (χ3n) is 4.97. The van der Waals surface area contributed by atoms with Crippen LogP contribution in [0.5, 0.6) is 5.75 Å². The van der Waals surface area contributed by atoms with Gasteiger partial charge in [-0.1, -0.05) is 18.2 Å². The fraction of sp³-hybridized carbons (Fsp3) is 0.174. The van der Waals surface area contributed by atoms with Gasteiger partial charge in [0.2, 0.25) is 5.91 Å². The third-order valence-corrected chi connectivity index (χ3v) is 4.97. The number of methoxy groups -OCH3 is 1. The summed E-state index contributed by atoms with van der Waals surface area (Å²) in [5.41, 5.74) is 3.31. The minimum absolute atomic E-state index is 0.0669. The van der Waals surface area contributed by atoms with Gasteiger partial charge in [-0.15, -0.1) is 0 Å². The second-order valence-electron chi connectivity index (χ2n) is 6.93. The molecule has 0 saturated carbocycles. The van der Waals surface area contributed by atoms with Crippen molar-refractivity contribution in [2.45, 2.75) is 13.0 Å². The average Bonchev–Trinajstić information content (AvgIpc) is 3.18. The summed E-state index contributed by atoms with van der Waals surface area (Å²) < 4.78 is 6.44. The van der Waals surface area contributed by atoms with E-state index in [4.69, 9.17) is 4.74 Å². The van der Waals surface area contributed by atoms with E-state index in [-0.39, 0.29) is 18.0 Å². The second kappa shape index (κ2) is 8.65. The Morgan fingerprint density at radius 3 is 2.73 bits per heavy atom. The number of aromatic nitrogens is 3. The monoisotopic (exact) mass is 402 g/mol. The maximum Gasteiger partial charge on any atom is 0.254 e. The lowest BCUT2D eigenvalue weighted by Gasteiger charge is -2.08. The first-order valence-corrected chi connectivity index (χ1v) is 9.66. The van der Waals surface area contributed by atoms with Crippen LogP contribution in [0.1, 0.15) is 5.56 Å². The zero-order valence-corrected chi connectivity index (χ0v) is 16.6. The zero-order chi connectivity index (χ0) is 20.9. The SMILES string of the molecule is COc1ccc(-c2cc(=O)n(CC(=O)NCCc3c[nH]c4ccccc34)cn2)cc1. The fourth-order valence-electron chi connectivity index (χ4n) is 3.35. The molecular formula is C23H22N4O3. The van der Waals surface area contributed by atoms with Crippen LogP contribution in [-0.4, -0.2) is 34.1 Å². The number of nitrogens with zero attached hydrogens (tertiary/aromatic N) is 2. The molecule has 0 saturated heterocycles. The van der Waals surface area contributed by atoms with E-state index >= 15 is 0 Å². The maximum atomic E-state index is 12.4. The van der Waals surface area contributed by atoms with Crippen LogP contribution >= 0.6 is 0 Å². The van der Waals surface area contributed by atoms with Crippen LogP contribution in [0.15, 0.2) is 71.9 Å². The molecule has 0 fully saturated rings. The molecule has 30 heavy (non-hydrogen) atoms. The number of amides is 1. The molecule has 0 bridgehead atoms. The summed E-state index contributed by atoms with van der Waals surface area (Å²) in [4.78, 5) is 32.2. The fourth-order valence-corrected chi connectivity index (χ4v) is 3.35. The molecule has 1 amide bonds. The highest BCUT2D eigenvalue weighted by atomic mass is 16.5. The number of rotatable bonds is 7. The number of hydrogen-bond acceptors (Lipinski definition) is 4. The molecule has 0 atom stereocenters. The van der Waals surface area contributed by atoms with E-state index in [1.807, 2.05) is 48.7 Å². The van der Waals surface area contributed by atoms with Crippen molar-refractivity contribution in [2.24, 2.45) is 0 Å². The maximum absolute atomic E-state index is 12.4. The first kappa shape index (κ1) is 19.4. The molecule has 7 heteroatoms. The minimum atomic E-state index is -0.275. The van der Waals surface area contributed by atoms with E-state index in [9.17, 15) is 9.59 Å². The summed E-state index contributed by atoms with van der Waals surface area (Å²) in [6, 6.07) is 16.8. The number of ether oxygens (including phenoxy) is 1. The number of fused-ring (bicyclic) bond motifs is 1. The first-order valence-electron chi connectivity index (χ1n) is 9.66. The number of para-hydroxylation sites is 1. The van der Waals surface area contributed by atoms with E-state index in [2.05, 4.69) is 21.4 Å². The molecule has 2 aromatic heterocycles. The zero-order valence-electron chi connectivity index (χ0n) is 16.6. The topological polar surface area (TPSA) is 89.0 Å². The van der Waals surface area contributed by atoms with Gasteiger partial charge in [0.25, 0.3) is 5.56 Å². The van der Waals surface area contributed by atoms with Crippen LogP contribution in [0.3, 0.4) is 0 Å². The van der Waals surface area contributed by atoms with E-state index in [0.717, 1.165) is 27.8 Å². The summed E-state index contributed by atoms with van der Waals surface area (Å²) in [6.45, 7) is 0.426. The van der Waals surface area contributed by atoms with Crippen molar-refractivity contribution in [3.63, 3.8) is 0 Å². The van der Waals surface area contributed by atoms with Crippen LogP contribution in [0, 0.1) is 0 Å². The van der Waals surface area contributed by atoms with Crippen molar-refractivity contribution >= 4 is 16.8 Å². The molecule has 0 spiro atoms. The van der Waals surface area contributed by atoms with Crippen molar-refractivity contribution in [3.8, 4) is 17.0 Å². The van der Waals surface area contributed by atoms with Gasteiger partial charge in [0.1, 0.15) is 12.3 Å². The second-order valence-corrected chi connectivity index (χ2v) is 6.93. The molecule has 0 aliphatic rings. The molecule has 0 radical (unpaired) electrons. The molecule has 7 nitrogen and oxygen atoms in total. The van der Waals surface area contributed by atoms with Gasteiger partial charge in [0.05, 0.1) is 19.1 Å². The predicted octanol–water partition coefficient (Wildman–Crippen LogP) is 2.76. The minimum Gasteiger partial charge on any atom is -0.497 e. The lowest BCUT2D eigenvalue weighted by molar-refractivity contribution is -0.121. The number of benzene rings is 2. The summed E-state index contributed by atoms with van der Waals surface area (Å²) in [5, 5.41) is 4.02. The predicted molar refractivity (Wildman–Crippen MR) is 115 cm³/mol. The van der Waals surface area contributed by atoms with Gasteiger partial charge in [-0.3, -0.25) is 14.2 Å². The highest BCUT2D eigenvalue weighted by Gasteiger charge is 2.08. The highest BCUT2D eigenvalue weighted by Crippen LogP contribution is 2.19. The Morgan fingerprint density at radius 2 is 1.97 bits per heavy atom. The summed E-state index contributed by atoms with van der Waals surface area (Å²) in [7, 11) is 1.60. The molecule has 0 unspecified atom stereocenters. The van der Waals surface area contributed by atoms with Crippen molar-refractivity contribution in [1.82, 2.24) is 19.9 Å². The lowest BCUT2D eigenvalue weighted by atomic mass is 10.1. The molecule has 152 valence electrons. The number of aromatic amines is 1. The van der Waals surface area contributed by atoms with Gasteiger partial charge in [0.15, 0.2) is 0 Å². The van der Waals surface area contributed by atoms with Gasteiger partial charge >= 0.3 is 0 Å². The first-order chi connectivity index (χ1) is 14.6. The lowest BCUT2D eigenvalue weighted by Crippen LogP contribution is -2.33. The largest absolute Gasteiger partial charge is 0.497 e. The molecule has 2 aromatic carbocycles. The molecule has 4 aromatic rings. The molecule has 4 rings (SSSR count). The Kier molecular flexibility index (Phi) is 5.61. The normalized spacial score (nSPS) is 10.8. The highest BCUT2D eigenvalue weighted by molar-refractivity contribution is 5.83. The standard InChI is InChI=1S/C23H22N4O3/c1-30-18-8-6-16(7-9-18)21-12-23(29)27(15-26-21)14-22(28)24-11-10-17-13-25-20-5-3-2-4-19(17)20/h2-9,12-13,15,25H,10-11,14H2,1H3,(H,24,28). The number of H-pyrrole nitrogens is 1. The van der Waals surface area contributed by atoms with E-state index in [1.165, 1.54) is 17.0 Å². The Morgan fingerprint density at radius 1 is 1.17 bits per heavy atom. The van der Waals surface area contributed by atoms with Gasteiger partial charge in [-0.2, -0.15) is 0 Å². The third kappa shape index (κ3) is 4.25. The quantitative estimate of drug-likeness (QED) is 0.497. The smallest absolute Gasteiger partial charge is 0.254 e. The number of hydrogen-bond donors (Lipinski definition) is 2. The van der Waals surface area contributed by atoms with E-state index in [1.54, 1.807) is 7.11 Å². The van der Waals surface area contributed by atoms with Gasteiger partial charge in [-0.25, -0.2) is 4.98 Å². The van der Waals surface area contributed by atoms with Crippen LogP contribution in [0.2, 0.25) is 0 Å². The van der Waals surface area contributed by atoms with Crippen LogP contribution in [-0.2, 0) is 17.8 Å². The number of carbonyl (C=O) groups excluding carboxylic acids is 1. The van der Waals surface area contributed by atoms with Gasteiger partial charge in [-0.05, 0) is 42.3 Å². The van der Waals surface area contributed by atoms with Crippen molar-refractivity contribution < 1.29 is 9.53 Å². The van der Waals surface area contributed by atoms with Crippen molar-refractivity contribution in [2.75, 3.05) is 13.7 Å². The summed E-state index contributed by atoms with van der Waals surface area (Å²) in [5.74, 6) is 0.507. The summed E-state index contributed by atoms with van der Waals surface area (Å²) in [6.07, 6.45) is 4.07. The average molecular weight is 402 g/mol. The Labute approximate surface area is 173 Å². The Balaban J connectivity index is 1.35. The molecular weight excluding hydrogens is 380 g/mol. The molecule has 2 N–H and O–H groups in total. The summed E-state index contributed by atoms with van der Waals surface area (Å²) >= 11 is 0. The van der Waals surface area contributed by atoms with Gasteiger partial charge < -0.3 is 15.0 Å². The van der Waals surface area contributed by atoms with Crippen LogP contribution < -0.4 is 15.6 Å². The van der Waals surface area contributed by atoms with E-state index in [0.29, 0.717) is 18.7 Å². The van der Waals surface area contributed by atoms with Crippen LogP contribution in [0.25, 0.3) is 22.2 Å². The van der Waals surface area contributed by atoms with Gasteiger partial charge in [0, 0.05) is 35.3 Å². The Bertz CT molecular complexity index is 1230. The van der Waals surface area contributed by atoms with Crippen molar-refractivity contribution in [3.05, 3.63) is 83.0 Å². The van der Waals surface area contributed by atoms with E-state index < -0.39 is 0 Å². The molecule has 0 aliphatic heterocycles. The van der Waals surface area contributed by atoms with Crippen LogP contribution in [0.4, 0.5) is 0 Å². The molecule has 2 heterocycles. The Hall–Kier alpha value is -3.87. The molecule has 0 aliphatic carbocycles. The number of carbonyl (C=O) groups is 1. The van der Waals surface area contributed by atoms with Crippen molar-refractivity contribution in [1.29, 1.82) is 0 Å².